The summed E-state index contributed by atoms with van der Waals surface area (Å²) >= 11 is 17.1. The first-order chi connectivity index (χ1) is 14.8. The molecule has 1 atom stereocenters. The minimum atomic E-state index is -0.591. The second kappa shape index (κ2) is 13.4. The van der Waals surface area contributed by atoms with E-state index in [-0.39, 0.29) is 24.1 Å². The summed E-state index contributed by atoms with van der Waals surface area (Å²) in [5, 5.41) is 3.81. The van der Waals surface area contributed by atoms with Crippen molar-refractivity contribution in [1.82, 2.24) is 10.2 Å². The lowest BCUT2D eigenvalue weighted by atomic mass is 10.1. The number of carbonyl (C=O) groups is 2. The molecule has 1 N–H and O–H groups in total. The van der Waals surface area contributed by atoms with Crippen molar-refractivity contribution in [2.45, 2.75) is 45.0 Å². The zero-order valence-electron chi connectivity index (χ0n) is 17.7. The molecule has 2 rings (SSSR count). The summed E-state index contributed by atoms with van der Waals surface area (Å²) in [6.07, 6.45) is 1.90. The lowest BCUT2D eigenvalue weighted by Gasteiger charge is -2.29. The molecule has 0 radical (unpaired) electrons. The van der Waals surface area contributed by atoms with Gasteiger partial charge in [-0.1, -0.05) is 70.7 Å². The quantitative estimate of drug-likeness (QED) is 0.336. The highest BCUT2D eigenvalue weighted by molar-refractivity contribution is 9.10. The van der Waals surface area contributed by atoms with Gasteiger partial charge in [-0.25, -0.2) is 0 Å². The largest absolute Gasteiger partial charge is 0.354 e. The smallest absolute Gasteiger partial charge is 0.242 e. The Balaban J connectivity index is 2.06. The van der Waals surface area contributed by atoms with E-state index in [4.69, 9.17) is 23.2 Å². The molecule has 168 valence electrons. The van der Waals surface area contributed by atoms with E-state index in [9.17, 15) is 9.59 Å². The number of rotatable bonds is 11. The van der Waals surface area contributed by atoms with Crippen LogP contribution in [0.15, 0.2) is 46.9 Å². The molecule has 2 aromatic carbocycles. The number of unbranched alkanes of at least 4 members (excludes halogenated alkanes) is 1. The molecule has 2 amide bonds. The number of carbonyl (C=O) groups excluding carboxylic acids is 2. The van der Waals surface area contributed by atoms with Gasteiger partial charge in [0.15, 0.2) is 0 Å². The van der Waals surface area contributed by atoms with Crippen molar-refractivity contribution in [3.8, 4) is 0 Å². The van der Waals surface area contributed by atoms with Gasteiger partial charge >= 0.3 is 0 Å². The molecule has 0 aliphatic heterocycles. The highest BCUT2D eigenvalue weighted by Crippen LogP contribution is 2.24. The monoisotopic (exact) mass is 544 g/mol. The van der Waals surface area contributed by atoms with Crippen molar-refractivity contribution in [3.63, 3.8) is 0 Å². The molecule has 4 nitrogen and oxygen atoms in total. The predicted molar refractivity (Wildman–Crippen MR) is 135 cm³/mol. The summed E-state index contributed by atoms with van der Waals surface area (Å²) < 4.78 is 1.02. The van der Waals surface area contributed by atoms with Crippen LogP contribution in [-0.2, 0) is 21.9 Å². The highest BCUT2D eigenvalue weighted by Gasteiger charge is 2.26. The molecule has 0 aromatic heterocycles. The average Bonchev–Trinajstić information content (AvgIpc) is 2.75. The van der Waals surface area contributed by atoms with Gasteiger partial charge in [0.05, 0.1) is 15.8 Å². The van der Waals surface area contributed by atoms with Gasteiger partial charge in [-0.2, -0.15) is 0 Å². The fourth-order valence-electron chi connectivity index (χ4n) is 2.87. The molecule has 0 unspecified atom stereocenters. The molecule has 0 bridgehead atoms. The van der Waals surface area contributed by atoms with Crippen molar-refractivity contribution < 1.29 is 9.59 Å². The number of amides is 2. The number of halogens is 3. The fraction of sp³-hybridized carbons (Fsp3) is 0.391. The third kappa shape index (κ3) is 8.68. The van der Waals surface area contributed by atoms with Crippen molar-refractivity contribution in [1.29, 1.82) is 0 Å². The SMILES string of the molecule is CCCCNC(=O)[C@H](C)N(Cc1ccc(Cl)c(Cl)c1)C(=O)CSCc1ccc(Br)cc1. The van der Waals surface area contributed by atoms with Crippen LogP contribution >= 0.6 is 50.9 Å². The van der Waals surface area contributed by atoms with Crippen molar-refractivity contribution in [2.24, 2.45) is 0 Å². The van der Waals surface area contributed by atoms with Gasteiger partial charge in [-0.05, 0) is 48.7 Å². The number of hydrogen-bond acceptors (Lipinski definition) is 3. The molecular formula is C23H27BrCl2N2O2S. The first-order valence-electron chi connectivity index (χ1n) is 10.1. The zero-order chi connectivity index (χ0) is 22.8. The number of thioether (sulfide) groups is 1. The van der Waals surface area contributed by atoms with Gasteiger partial charge < -0.3 is 10.2 Å². The van der Waals surface area contributed by atoms with Crippen LogP contribution in [0.5, 0.6) is 0 Å². The van der Waals surface area contributed by atoms with E-state index >= 15 is 0 Å². The van der Waals surface area contributed by atoms with Crippen molar-refractivity contribution in [2.75, 3.05) is 12.3 Å². The first-order valence-corrected chi connectivity index (χ1v) is 12.9. The maximum atomic E-state index is 13.1. The molecule has 0 spiro atoms. The van der Waals surface area contributed by atoms with Gasteiger partial charge in [0.25, 0.3) is 0 Å². The topological polar surface area (TPSA) is 49.4 Å². The Morgan fingerprint density at radius 1 is 1.10 bits per heavy atom. The third-order valence-electron chi connectivity index (χ3n) is 4.74. The van der Waals surface area contributed by atoms with E-state index in [1.165, 1.54) is 11.8 Å². The van der Waals surface area contributed by atoms with E-state index in [1.54, 1.807) is 24.0 Å². The van der Waals surface area contributed by atoms with Crippen LogP contribution in [0, 0.1) is 0 Å². The molecule has 0 heterocycles. The molecule has 0 fully saturated rings. The molecule has 0 aliphatic rings. The summed E-state index contributed by atoms with van der Waals surface area (Å²) in [6.45, 7) is 4.72. The second-order valence-electron chi connectivity index (χ2n) is 7.21. The normalized spacial score (nSPS) is 11.8. The minimum absolute atomic E-state index is 0.0914. The van der Waals surface area contributed by atoms with Gasteiger partial charge in [0, 0.05) is 23.3 Å². The van der Waals surface area contributed by atoms with Crippen LogP contribution in [0.1, 0.15) is 37.8 Å². The lowest BCUT2D eigenvalue weighted by Crippen LogP contribution is -2.48. The Morgan fingerprint density at radius 2 is 1.77 bits per heavy atom. The maximum absolute atomic E-state index is 13.1. The van der Waals surface area contributed by atoms with Crippen LogP contribution < -0.4 is 5.32 Å². The van der Waals surface area contributed by atoms with Gasteiger partial charge in [0.2, 0.25) is 11.8 Å². The Morgan fingerprint density at radius 3 is 2.42 bits per heavy atom. The van der Waals surface area contributed by atoms with E-state index in [2.05, 4.69) is 28.2 Å². The Kier molecular flexibility index (Phi) is 11.2. The first kappa shape index (κ1) is 26.0. The van der Waals surface area contributed by atoms with Gasteiger partial charge in [0.1, 0.15) is 6.04 Å². The lowest BCUT2D eigenvalue weighted by molar-refractivity contribution is -0.138. The standard InChI is InChI=1S/C23H27BrCl2N2O2S/c1-3-4-11-27-23(30)16(2)28(13-18-7-10-20(25)21(26)12-18)22(29)15-31-14-17-5-8-19(24)9-6-17/h5-10,12,16H,3-4,11,13-15H2,1-2H3,(H,27,30)/t16-/m0/s1. The van der Waals surface area contributed by atoms with Crippen LogP contribution in [0.25, 0.3) is 0 Å². The van der Waals surface area contributed by atoms with Crippen molar-refractivity contribution in [3.05, 3.63) is 68.1 Å². The number of benzene rings is 2. The van der Waals surface area contributed by atoms with Crippen LogP contribution in [0.4, 0.5) is 0 Å². The average molecular weight is 546 g/mol. The second-order valence-corrected chi connectivity index (χ2v) is 9.93. The Hall–Kier alpha value is -1.21. The van der Waals surface area contributed by atoms with Crippen LogP contribution in [-0.4, -0.2) is 35.1 Å². The van der Waals surface area contributed by atoms with E-state index in [0.29, 0.717) is 16.6 Å². The molecule has 0 saturated carbocycles. The molecule has 8 heteroatoms. The molecule has 0 aliphatic carbocycles. The molecule has 31 heavy (non-hydrogen) atoms. The molecule has 2 aromatic rings. The number of hydrogen-bond donors (Lipinski definition) is 1. The fourth-order valence-corrected chi connectivity index (χ4v) is 4.33. The number of nitrogens with one attached hydrogen (secondary N) is 1. The summed E-state index contributed by atoms with van der Waals surface area (Å²) in [5.41, 5.74) is 1.97. The van der Waals surface area contributed by atoms with Gasteiger partial charge in [-0.15, -0.1) is 11.8 Å². The van der Waals surface area contributed by atoms with Crippen LogP contribution in [0.2, 0.25) is 10.0 Å². The van der Waals surface area contributed by atoms with E-state index < -0.39 is 6.04 Å². The summed E-state index contributed by atoms with van der Waals surface area (Å²) in [6, 6.07) is 12.7. The highest BCUT2D eigenvalue weighted by atomic mass is 79.9. The Labute approximate surface area is 207 Å². The molecule has 0 saturated heterocycles. The Bertz CT molecular complexity index is 880. The summed E-state index contributed by atoms with van der Waals surface area (Å²) in [4.78, 5) is 27.3. The predicted octanol–water partition coefficient (Wildman–Crippen LogP) is 6.32. The molecular weight excluding hydrogens is 519 g/mol. The maximum Gasteiger partial charge on any atom is 0.242 e. The summed E-state index contributed by atoms with van der Waals surface area (Å²) in [5.74, 6) is 0.756. The number of nitrogens with zero attached hydrogens (tertiary/aromatic N) is 1. The minimum Gasteiger partial charge on any atom is -0.354 e. The van der Waals surface area contributed by atoms with Gasteiger partial charge in [-0.3, -0.25) is 9.59 Å². The van der Waals surface area contributed by atoms with Crippen molar-refractivity contribution >= 4 is 62.7 Å². The third-order valence-corrected chi connectivity index (χ3v) is 7.00. The van der Waals surface area contributed by atoms with E-state index in [0.717, 1.165) is 34.2 Å². The van der Waals surface area contributed by atoms with E-state index in [1.807, 2.05) is 30.3 Å². The summed E-state index contributed by atoms with van der Waals surface area (Å²) in [7, 11) is 0. The van der Waals surface area contributed by atoms with Crippen LogP contribution in [0.3, 0.4) is 0 Å². The zero-order valence-corrected chi connectivity index (χ0v) is 21.6.